The van der Waals surface area contributed by atoms with Crippen LogP contribution in [0.4, 0.5) is 0 Å². The zero-order valence-corrected chi connectivity index (χ0v) is 24.6. The van der Waals surface area contributed by atoms with E-state index in [1.807, 2.05) is 21.1 Å². The summed E-state index contributed by atoms with van der Waals surface area (Å²) >= 11 is 0. The quantitative estimate of drug-likeness (QED) is 0.0585. The van der Waals surface area contributed by atoms with Gasteiger partial charge in [-0.15, -0.1) is 0 Å². The van der Waals surface area contributed by atoms with E-state index in [1.54, 1.807) is 0 Å². The van der Waals surface area contributed by atoms with Gasteiger partial charge in [0, 0.05) is 6.42 Å². The zero-order valence-electron chi connectivity index (χ0n) is 23.7. The number of unbranched alkanes of at least 4 members (excludes halogenated alkanes) is 16. The van der Waals surface area contributed by atoms with Crippen LogP contribution in [0.25, 0.3) is 0 Å². The summed E-state index contributed by atoms with van der Waals surface area (Å²) in [6.45, 7) is 4.74. The molecule has 204 valence electrons. The highest BCUT2D eigenvalue weighted by molar-refractivity contribution is 7.53. The molecule has 0 saturated heterocycles. The van der Waals surface area contributed by atoms with Gasteiger partial charge in [-0.3, -0.25) is 4.57 Å². The summed E-state index contributed by atoms with van der Waals surface area (Å²) in [5.74, 6) is -0.335. The fourth-order valence-corrected chi connectivity index (χ4v) is 6.61. The fraction of sp³-hybridized carbons (Fsp3) is 0.931. The molecule has 0 aliphatic carbocycles. The Bertz CT molecular complexity index is 516. The fourth-order valence-electron chi connectivity index (χ4n) is 4.58. The van der Waals surface area contributed by atoms with E-state index in [4.69, 9.17) is 4.52 Å². The molecule has 34 heavy (non-hydrogen) atoms. The van der Waals surface area contributed by atoms with Gasteiger partial charge in [-0.25, -0.2) is 0 Å². The third-order valence-corrected chi connectivity index (χ3v) is 9.01. The summed E-state index contributed by atoms with van der Waals surface area (Å²) in [6.07, 6.45) is 29.8. The first-order valence-electron chi connectivity index (χ1n) is 14.7. The van der Waals surface area contributed by atoms with Gasteiger partial charge >= 0.3 is 7.60 Å². The molecule has 5 heteroatoms. The molecule has 2 atom stereocenters. The molecule has 0 radical (unpaired) electrons. The molecular formula is C29H61NO3P+. The number of quaternary nitrogens is 1. The lowest BCUT2D eigenvalue weighted by molar-refractivity contribution is -0.883. The first-order valence-corrected chi connectivity index (χ1v) is 16.3. The third-order valence-electron chi connectivity index (χ3n) is 6.75. The highest BCUT2D eigenvalue weighted by Gasteiger charge is 2.41. The van der Waals surface area contributed by atoms with Gasteiger partial charge in [0.1, 0.15) is 0 Å². The van der Waals surface area contributed by atoms with Crippen LogP contribution >= 0.6 is 7.60 Å². The van der Waals surface area contributed by atoms with E-state index in [-0.39, 0.29) is 5.78 Å². The Morgan fingerprint density at radius 2 is 1.09 bits per heavy atom. The summed E-state index contributed by atoms with van der Waals surface area (Å²) in [7, 11) is 2.35. The molecule has 0 heterocycles. The number of nitrogens with zero attached hydrogens (tertiary/aromatic N) is 1. The smallest absolute Gasteiger partial charge is 0.320 e. The normalized spacial score (nSPS) is 15.1. The van der Waals surface area contributed by atoms with Crippen molar-refractivity contribution in [1.29, 1.82) is 0 Å². The second-order valence-corrected chi connectivity index (χ2v) is 13.1. The van der Waals surface area contributed by atoms with E-state index in [9.17, 15) is 9.46 Å². The molecule has 0 aliphatic rings. The SMILES string of the molecule is CCCCCCCCC/C=C\CCCCCCCCCCCOP(=O)(O)C(CCC)[N+](C)(C)C. The third kappa shape index (κ3) is 20.1. The van der Waals surface area contributed by atoms with Crippen molar-refractivity contribution in [2.75, 3.05) is 27.7 Å². The van der Waals surface area contributed by atoms with Crippen LogP contribution in [0.5, 0.6) is 0 Å². The van der Waals surface area contributed by atoms with Crippen molar-refractivity contribution in [2.45, 2.75) is 148 Å². The van der Waals surface area contributed by atoms with Crippen molar-refractivity contribution in [3.8, 4) is 0 Å². The molecule has 0 spiro atoms. The average Bonchev–Trinajstić information content (AvgIpc) is 2.77. The van der Waals surface area contributed by atoms with Gasteiger partial charge in [-0.2, -0.15) is 0 Å². The van der Waals surface area contributed by atoms with Crippen LogP contribution in [-0.4, -0.2) is 42.9 Å². The standard InChI is InChI=1S/C29H60NO3P/c1-6-8-9-10-11-12-13-14-15-16-17-18-19-20-21-22-23-24-25-26-28-33-34(31,32)29(27-7-2)30(3,4)5/h15-16,29H,6-14,17-28H2,1-5H3/p+1/b16-15-. The van der Waals surface area contributed by atoms with E-state index < -0.39 is 7.60 Å². The summed E-state index contributed by atoms with van der Waals surface area (Å²) in [5.41, 5.74) is 0. The first-order chi connectivity index (χ1) is 16.3. The maximum atomic E-state index is 12.7. The molecular weight excluding hydrogens is 441 g/mol. The predicted octanol–water partition coefficient (Wildman–Crippen LogP) is 9.62. The lowest BCUT2D eigenvalue weighted by atomic mass is 10.1. The summed E-state index contributed by atoms with van der Waals surface area (Å²) in [6, 6.07) is 0. The predicted molar refractivity (Wildman–Crippen MR) is 150 cm³/mol. The molecule has 0 aromatic heterocycles. The Balaban J connectivity index is 3.49. The summed E-state index contributed by atoms with van der Waals surface area (Å²) in [4.78, 5) is 10.4. The Kier molecular flexibility index (Phi) is 22.0. The van der Waals surface area contributed by atoms with E-state index in [1.165, 1.54) is 103 Å². The van der Waals surface area contributed by atoms with Crippen molar-refractivity contribution in [3.05, 3.63) is 12.2 Å². The molecule has 0 aromatic rings. The highest BCUT2D eigenvalue weighted by atomic mass is 31.2. The van der Waals surface area contributed by atoms with Crippen LogP contribution in [0.3, 0.4) is 0 Å². The number of allylic oxidation sites excluding steroid dienone is 2. The molecule has 0 rings (SSSR count). The van der Waals surface area contributed by atoms with Crippen molar-refractivity contribution < 1.29 is 18.5 Å². The maximum absolute atomic E-state index is 12.7. The lowest BCUT2D eigenvalue weighted by Crippen LogP contribution is -2.45. The Labute approximate surface area is 214 Å². The number of hydrogen-bond acceptors (Lipinski definition) is 2. The minimum Gasteiger partial charge on any atom is -0.320 e. The van der Waals surface area contributed by atoms with Gasteiger partial charge in [-0.1, -0.05) is 109 Å². The maximum Gasteiger partial charge on any atom is 0.385 e. The Morgan fingerprint density at radius 1 is 0.676 bits per heavy atom. The van der Waals surface area contributed by atoms with Gasteiger partial charge in [0.2, 0.25) is 0 Å². The molecule has 1 N–H and O–H groups in total. The van der Waals surface area contributed by atoms with Crippen LogP contribution in [-0.2, 0) is 9.09 Å². The number of rotatable bonds is 25. The molecule has 0 bridgehead atoms. The van der Waals surface area contributed by atoms with Gasteiger partial charge in [0.25, 0.3) is 0 Å². The van der Waals surface area contributed by atoms with Crippen LogP contribution in [0.1, 0.15) is 142 Å². The van der Waals surface area contributed by atoms with Crippen molar-refractivity contribution in [3.63, 3.8) is 0 Å². The average molecular weight is 503 g/mol. The second-order valence-electron chi connectivity index (χ2n) is 11.1. The van der Waals surface area contributed by atoms with Gasteiger partial charge in [0.15, 0.2) is 5.78 Å². The minimum atomic E-state index is -3.57. The van der Waals surface area contributed by atoms with Crippen LogP contribution < -0.4 is 0 Å². The van der Waals surface area contributed by atoms with Crippen molar-refractivity contribution >= 4 is 7.60 Å². The topological polar surface area (TPSA) is 46.5 Å². The van der Waals surface area contributed by atoms with Crippen LogP contribution in [0.15, 0.2) is 12.2 Å². The van der Waals surface area contributed by atoms with Crippen LogP contribution in [0, 0.1) is 0 Å². The molecule has 0 aromatic carbocycles. The lowest BCUT2D eigenvalue weighted by Gasteiger charge is -2.35. The van der Waals surface area contributed by atoms with E-state index in [0.717, 1.165) is 19.3 Å². The molecule has 0 fully saturated rings. The minimum absolute atomic E-state index is 0.335. The Morgan fingerprint density at radius 3 is 1.50 bits per heavy atom. The highest BCUT2D eigenvalue weighted by Crippen LogP contribution is 2.51. The summed E-state index contributed by atoms with van der Waals surface area (Å²) < 4.78 is 18.6. The molecule has 0 amide bonds. The monoisotopic (exact) mass is 502 g/mol. The van der Waals surface area contributed by atoms with Crippen molar-refractivity contribution in [1.82, 2.24) is 0 Å². The van der Waals surface area contributed by atoms with Crippen LogP contribution in [0.2, 0.25) is 0 Å². The Hall–Kier alpha value is -0.150. The molecule has 0 aliphatic heterocycles. The summed E-state index contributed by atoms with van der Waals surface area (Å²) in [5, 5.41) is 0. The molecule has 0 saturated carbocycles. The van der Waals surface area contributed by atoms with Gasteiger partial charge in [0.05, 0.1) is 27.7 Å². The second kappa shape index (κ2) is 22.1. The number of hydrogen-bond donors (Lipinski definition) is 1. The molecule has 2 unspecified atom stereocenters. The first kappa shape index (κ1) is 33.8. The van der Waals surface area contributed by atoms with E-state index in [0.29, 0.717) is 17.5 Å². The van der Waals surface area contributed by atoms with E-state index >= 15 is 0 Å². The largest absolute Gasteiger partial charge is 0.385 e. The van der Waals surface area contributed by atoms with Crippen molar-refractivity contribution in [2.24, 2.45) is 0 Å². The van der Waals surface area contributed by atoms with E-state index in [2.05, 4.69) is 26.0 Å². The van der Waals surface area contributed by atoms with Gasteiger partial charge < -0.3 is 13.9 Å². The molecule has 4 nitrogen and oxygen atoms in total. The zero-order chi connectivity index (χ0) is 25.5. The van der Waals surface area contributed by atoms with Gasteiger partial charge in [-0.05, 0) is 38.5 Å².